The Morgan fingerprint density at radius 1 is 1.54 bits per heavy atom. The summed E-state index contributed by atoms with van der Waals surface area (Å²) in [5.74, 6) is 0. The lowest BCUT2D eigenvalue weighted by atomic mass is 10.0. The Kier molecular flexibility index (Phi) is 2.52. The van der Waals surface area contributed by atoms with Crippen molar-refractivity contribution < 1.29 is 0 Å². The molecule has 1 aromatic rings. The summed E-state index contributed by atoms with van der Waals surface area (Å²) < 4.78 is 0.978. The largest absolute Gasteiger partial charge is 0.369 e. The highest BCUT2D eigenvalue weighted by Gasteiger charge is 2.23. The van der Waals surface area contributed by atoms with E-state index in [0.29, 0.717) is 6.04 Å². The van der Waals surface area contributed by atoms with Crippen molar-refractivity contribution in [3.63, 3.8) is 0 Å². The topological polar surface area (TPSA) is 3.24 Å². The molecule has 0 amide bonds. The normalized spacial score (nSPS) is 21.5. The zero-order valence-corrected chi connectivity index (χ0v) is 9.77. The lowest BCUT2D eigenvalue weighted by Gasteiger charge is -2.40. The first-order valence-corrected chi connectivity index (χ1v) is 5.57. The monoisotopic (exact) mass is 259 g/mol. The van der Waals surface area contributed by atoms with Gasteiger partial charge in [0.1, 0.15) is 0 Å². The van der Waals surface area contributed by atoms with E-state index in [2.05, 4.69) is 39.9 Å². The summed E-state index contributed by atoms with van der Waals surface area (Å²) in [6, 6.07) is 6.76. The second kappa shape index (κ2) is 3.50. The van der Waals surface area contributed by atoms with E-state index in [-0.39, 0.29) is 0 Å². The molecule has 0 aliphatic carbocycles. The van der Waals surface area contributed by atoms with Crippen molar-refractivity contribution in [3.8, 4) is 0 Å². The molecule has 0 aromatic heterocycles. The number of rotatable bonds is 1. The van der Waals surface area contributed by atoms with Gasteiger partial charge in [-0.1, -0.05) is 11.6 Å². The molecule has 0 spiro atoms. The second-order valence-corrected chi connectivity index (χ2v) is 4.69. The highest BCUT2D eigenvalue weighted by molar-refractivity contribution is 9.10. The Labute approximate surface area is 91.8 Å². The standard InChI is InChI=1S/C10H11BrClN/c1-7-4-5-13(7)8-2-3-10(12)9(11)6-8/h2-3,6-7H,4-5H2,1H3. The van der Waals surface area contributed by atoms with Crippen LogP contribution in [0.2, 0.25) is 5.02 Å². The molecule has 3 heteroatoms. The predicted octanol–water partition coefficient (Wildman–Crippen LogP) is 3.70. The fourth-order valence-corrected chi connectivity index (χ4v) is 2.05. The van der Waals surface area contributed by atoms with E-state index in [1.165, 1.54) is 12.1 Å². The van der Waals surface area contributed by atoms with Crippen LogP contribution in [0.15, 0.2) is 22.7 Å². The van der Waals surface area contributed by atoms with Crippen molar-refractivity contribution in [1.29, 1.82) is 0 Å². The minimum atomic E-state index is 0.674. The molecule has 1 fully saturated rings. The number of benzene rings is 1. The molecular formula is C10H11BrClN. The molecule has 1 aliphatic rings. The van der Waals surface area contributed by atoms with Crippen LogP contribution in [0.4, 0.5) is 5.69 Å². The number of nitrogens with zero attached hydrogens (tertiary/aromatic N) is 1. The third-order valence-electron chi connectivity index (χ3n) is 2.55. The molecule has 1 aliphatic heterocycles. The molecule has 0 bridgehead atoms. The molecule has 13 heavy (non-hydrogen) atoms. The fraction of sp³-hybridized carbons (Fsp3) is 0.400. The SMILES string of the molecule is CC1CCN1c1ccc(Cl)c(Br)c1. The minimum absolute atomic E-state index is 0.674. The molecule has 1 heterocycles. The Balaban J connectivity index is 2.26. The van der Waals surface area contributed by atoms with Crippen molar-refractivity contribution in [2.75, 3.05) is 11.4 Å². The molecule has 70 valence electrons. The summed E-state index contributed by atoms with van der Waals surface area (Å²) in [4.78, 5) is 2.38. The summed E-state index contributed by atoms with van der Waals surface area (Å²) in [6.07, 6.45) is 1.29. The highest BCUT2D eigenvalue weighted by Crippen LogP contribution is 2.31. The van der Waals surface area contributed by atoms with Crippen molar-refractivity contribution in [1.82, 2.24) is 0 Å². The third-order valence-corrected chi connectivity index (χ3v) is 3.77. The van der Waals surface area contributed by atoms with Crippen molar-refractivity contribution in [3.05, 3.63) is 27.7 Å². The van der Waals surface area contributed by atoms with Gasteiger partial charge >= 0.3 is 0 Å². The van der Waals surface area contributed by atoms with Crippen LogP contribution in [-0.2, 0) is 0 Å². The maximum absolute atomic E-state index is 5.92. The first-order valence-electron chi connectivity index (χ1n) is 4.40. The summed E-state index contributed by atoms with van der Waals surface area (Å²) in [5.41, 5.74) is 1.26. The van der Waals surface area contributed by atoms with Crippen LogP contribution >= 0.6 is 27.5 Å². The van der Waals surface area contributed by atoms with Crippen LogP contribution in [0.5, 0.6) is 0 Å². The maximum atomic E-state index is 5.92. The molecule has 0 N–H and O–H groups in total. The van der Waals surface area contributed by atoms with E-state index >= 15 is 0 Å². The lowest BCUT2D eigenvalue weighted by molar-refractivity contribution is 0.481. The molecule has 0 radical (unpaired) electrons. The molecule has 1 saturated heterocycles. The van der Waals surface area contributed by atoms with Gasteiger partial charge in [-0.15, -0.1) is 0 Å². The average molecular weight is 261 g/mol. The van der Waals surface area contributed by atoms with Crippen molar-refractivity contribution in [2.45, 2.75) is 19.4 Å². The molecule has 1 unspecified atom stereocenters. The molecule has 2 rings (SSSR count). The van der Waals surface area contributed by atoms with E-state index in [1.54, 1.807) is 0 Å². The van der Waals surface area contributed by atoms with Crippen LogP contribution in [0.1, 0.15) is 13.3 Å². The van der Waals surface area contributed by atoms with Gasteiger partial charge in [0.05, 0.1) is 5.02 Å². The first kappa shape index (κ1) is 9.35. The van der Waals surface area contributed by atoms with Gasteiger partial charge in [-0.25, -0.2) is 0 Å². The molecular weight excluding hydrogens is 249 g/mol. The van der Waals surface area contributed by atoms with Crippen LogP contribution < -0.4 is 4.90 Å². The molecule has 1 atom stereocenters. The Hall–Kier alpha value is -0.210. The smallest absolute Gasteiger partial charge is 0.0549 e. The van der Waals surface area contributed by atoms with Crippen molar-refractivity contribution in [2.24, 2.45) is 0 Å². The summed E-state index contributed by atoms with van der Waals surface area (Å²) in [7, 11) is 0. The van der Waals surface area contributed by atoms with Crippen LogP contribution in [0.25, 0.3) is 0 Å². The summed E-state index contributed by atoms with van der Waals surface area (Å²) in [5, 5.41) is 0.775. The number of hydrogen-bond donors (Lipinski definition) is 0. The van der Waals surface area contributed by atoms with E-state index in [0.717, 1.165) is 16.0 Å². The van der Waals surface area contributed by atoms with Crippen LogP contribution in [0, 0.1) is 0 Å². The van der Waals surface area contributed by atoms with Gasteiger partial charge in [0.15, 0.2) is 0 Å². The highest BCUT2D eigenvalue weighted by atomic mass is 79.9. The predicted molar refractivity (Wildman–Crippen MR) is 60.6 cm³/mol. The number of halogens is 2. The second-order valence-electron chi connectivity index (χ2n) is 3.43. The zero-order valence-electron chi connectivity index (χ0n) is 7.43. The van der Waals surface area contributed by atoms with Gasteiger partial charge in [-0.05, 0) is 47.5 Å². The maximum Gasteiger partial charge on any atom is 0.0549 e. The van der Waals surface area contributed by atoms with Crippen LogP contribution in [0.3, 0.4) is 0 Å². The first-order chi connectivity index (χ1) is 6.18. The van der Waals surface area contributed by atoms with E-state index in [9.17, 15) is 0 Å². The van der Waals surface area contributed by atoms with Gasteiger partial charge in [0.25, 0.3) is 0 Å². The quantitative estimate of drug-likeness (QED) is 0.744. The van der Waals surface area contributed by atoms with Gasteiger partial charge in [-0.2, -0.15) is 0 Å². The van der Waals surface area contributed by atoms with Crippen LogP contribution in [-0.4, -0.2) is 12.6 Å². The van der Waals surface area contributed by atoms with Gasteiger partial charge in [0.2, 0.25) is 0 Å². The summed E-state index contributed by atoms with van der Waals surface area (Å²) >= 11 is 9.35. The van der Waals surface area contributed by atoms with Crippen molar-refractivity contribution >= 4 is 33.2 Å². The minimum Gasteiger partial charge on any atom is -0.369 e. The Morgan fingerprint density at radius 2 is 2.31 bits per heavy atom. The van der Waals surface area contributed by atoms with Gasteiger partial charge in [-0.3, -0.25) is 0 Å². The zero-order chi connectivity index (χ0) is 9.42. The Morgan fingerprint density at radius 3 is 2.77 bits per heavy atom. The average Bonchev–Trinajstić information content (AvgIpc) is 2.09. The Bertz CT molecular complexity index is 327. The van der Waals surface area contributed by atoms with E-state index in [1.807, 2.05) is 6.07 Å². The lowest BCUT2D eigenvalue weighted by Crippen LogP contribution is -2.45. The van der Waals surface area contributed by atoms with Gasteiger partial charge < -0.3 is 4.90 Å². The molecule has 0 saturated carbocycles. The van der Waals surface area contributed by atoms with Gasteiger partial charge in [0, 0.05) is 22.7 Å². The number of hydrogen-bond acceptors (Lipinski definition) is 1. The van der Waals surface area contributed by atoms with E-state index < -0.39 is 0 Å². The van der Waals surface area contributed by atoms with E-state index in [4.69, 9.17) is 11.6 Å². The summed E-state index contributed by atoms with van der Waals surface area (Å²) in [6.45, 7) is 3.40. The fourth-order valence-electron chi connectivity index (χ4n) is 1.56. The molecule has 1 aromatic carbocycles. The molecule has 1 nitrogen and oxygen atoms in total. The third kappa shape index (κ3) is 1.70. The number of anilines is 1.